The maximum absolute atomic E-state index is 12.1. The third-order valence-electron chi connectivity index (χ3n) is 3.04. The van der Waals surface area contributed by atoms with Crippen LogP contribution in [0.1, 0.15) is 27.0 Å². The van der Waals surface area contributed by atoms with Crippen LogP contribution in [-0.4, -0.2) is 5.91 Å². The van der Waals surface area contributed by atoms with E-state index in [1.807, 2.05) is 32.0 Å². The summed E-state index contributed by atoms with van der Waals surface area (Å²) in [6, 6.07) is 14.4. The Kier molecular flexibility index (Phi) is 3.63. The first-order chi connectivity index (χ1) is 9.10. The monoisotopic (exact) mass is 250 g/mol. The zero-order valence-electron chi connectivity index (χ0n) is 10.9. The fourth-order valence-electron chi connectivity index (χ4n) is 1.71. The van der Waals surface area contributed by atoms with Crippen LogP contribution >= 0.6 is 0 Å². The Morgan fingerprint density at radius 1 is 1.05 bits per heavy atom. The number of rotatable bonds is 2. The van der Waals surface area contributed by atoms with Gasteiger partial charge in [-0.15, -0.1) is 0 Å². The lowest BCUT2D eigenvalue weighted by atomic mass is 10.1. The number of nitriles is 1. The largest absolute Gasteiger partial charge is 0.322 e. The van der Waals surface area contributed by atoms with E-state index in [-0.39, 0.29) is 5.91 Å². The average Bonchev–Trinajstić information content (AvgIpc) is 2.42. The minimum Gasteiger partial charge on any atom is -0.322 e. The SMILES string of the molecule is Cc1ccc(C(=O)Nc2ccc(C#N)cc2)cc1C. The first-order valence-electron chi connectivity index (χ1n) is 5.99. The van der Waals surface area contributed by atoms with Crippen molar-refractivity contribution in [2.24, 2.45) is 0 Å². The molecule has 94 valence electrons. The van der Waals surface area contributed by atoms with Gasteiger partial charge in [0.1, 0.15) is 0 Å². The Morgan fingerprint density at radius 2 is 1.74 bits per heavy atom. The second-order valence-corrected chi connectivity index (χ2v) is 4.44. The zero-order valence-corrected chi connectivity index (χ0v) is 10.9. The summed E-state index contributed by atoms with van der Waals surface area (Å²) >= 11 is 0. The van der Waals surface area contributed by atoms with E-state index in [0.717, 1.165) is 11.1 Å². The van der Waals surface area contributed by atoms with E-state index in [9.17, 15) is 4.79 Å². The highest BCUT2D eigenvalue weighted by atomic mass is 16.1. The summed E-state index contributed by atoms with van der Waals surface area (Å²) < 4.78 is 0. The molecule has 1 N–H and O–H groups in total. The van der Waals surface area contributed by atoms with Crippen molar-refractivity contribution >= 4 is 11.6 Å². The summed E-state index contributed by atoms with van der Waals surface area (Å²) in [7, 11) is 0. The van der Waals surface area contributed by atoms with Gasteiger partial charge in [0, 0.05) is 11.3 Å². The first-order valence-corrected chi connectivity index (χ1v) is 5.99. The topological polar surface area (TPSA) is 52.9 Å². The molecule has 0 aromatic heterocycles. The van der Waals surface area contributed by atoms with E-state index in [1.165, 1.54) is 0 Å². The molecule has 19 heavy (non-hydrogen) atoms. The molecule has 0 unspecified atom stereocenters. The maximum Gasteiger partial charge on any atom is 0.255 e. The molecule has 0 spiro atoms. The number of hydrogen-bond donors (Lipinski definition) is 1. The summed E-state index contributed by atoms with van der Waals surface area (Å²) in [6.07, 6.45) is 0. The number of aryl methyl sites for hydroxylation is 2. The molecule has 0 heterocycles. The first kappa shape index (κ1) is 12.8. The van der Waals surface area contributed by atoms with Crippen molar-refractivity contribution in [1.82, 2.24) is 0 Å². The van der Waals surface area contributed by atoms with Gasteiger partial charge in [-0.3, -0.25) is 4.79 Å². The number of anilines is 1. The number of carbonyl (C=O) groups is 1. The Labute approximate surface area is 112 Å². The summed E-state index contributed by atoms with van der Waals surface area (Å²) in [6.45, 7) is 3.99. The van der Waals surface area contributed by atoms with Crippen molar-refractivity contribution in [1.29, 1.82) is 5.26 Å². The number of nitrogens with one attached hydrogen (secondary N) is 1. The smallest absolute Gasteiger partial charge is 0.255 e. The molecule has 0 bridgehead atoms. The molecule has 2 aromatic carbocycles. The highest BCUT2D eigenvalue weighted by Gasteiger charge is 2.07. The van der Waals surface area contributed by atoms with Gasteiger partial charge in [0.2, 0.25) is 0 Å². The fourth-order valence-corrected chi connectivity index (χ4v) is 1.71. The van der Waals surface area contributed by atoms with E-state index >= 15 is 0 Å². The third kappa shape index (κ3) is 2.99. The van der Waals surface area contributed by atoms with E-state index < -0.39 is 0 Å². The van der Waals surface area contributed by atoms with Crippen molar-refractivity contribution in [2.45, 2.75) is 13.8 Å². The molecule has 3 nitrogen and oxygen atoms in total. The summed E-state index contributed by atoms with van der Waals surface area (Å²) in [4.78, 5) is 12.1. The van der Waals surface area contributed by atoms with Crippen LogP contribution in [0.4, 0.5) is 5.69 Å². The van der Waals surface area contributed by atoms with Crippen LogP contribution < -0.4 is 5.32 Å². The van der Waals surface area contributed by atoms with Gasteiger partial charge in [-0.25, -0.2) is 0 Å². The molecule has 0 atom stereocenters. The lowest BCUT2D eigenvalue weighted by molar-refractivity contribution is 0.102. The molecule has 3 heteroatoms. The highest BCUT2D eigenvalue weighted by Crippen LogP contribution is 2.13. The minimum absolute atomic E-state index is 0.146. The van der Waals surface area contributed by atoms with Crippen molar-refractivity contribution in [3.63, 3.8) is 0 Å². The molecular weight excluding hydrogens is 236 g/mol. The second-order valence-electron chi connectivity index (χ2n) is 4.44. The van der Waals surface area contributed by atoms with E-state index in [4.69, 9.17) is 5.26 Å². The van der Waals surface area contributed by atoms with E-state index in [0.29, 0.717) is 16.8 Å². The lowest BCUT2D eigenvalue weighted by Gasteiger charge is -2.07. The van der Waals surface area contributed by atoms with Gasteiger partial charge >= 0.3 is 0 Å². The summed E-state index contributed by atoms with van der Waals surface area (Å²) in [5, 5.41) is 11.5. The molecule has 0 fully saturated rings. The lowest BCUT2D eigenvalue weighted by Crippen LogP contribution is -2.12. The van der Waals surface area contributed by atoms with Gasteiger partial charge in [0.05, 0.1) is 11.6 Å². The van der Waals surface area contributed by atoms with Gasteiger partial charge in [-0.1, -0.05) is 6.07 Å². The maximum atomic E-state index is 12.1. The van der Waals surface area contributed by atoms with Crippen LogP contribution in [0.15, 0.2) is 42.5 Å². The molecule has 0 aliphatic rings. The highest BCUT2D eigenvalue weighted by molar-refractivity contribution is 6.04. The van der Waals surface area contributed by atoms with Crippen LogP contribution in [0.25, 0.3) is 0 Å². The molecule has 0 saturated carbocycles. The van der Waals surface area contributed by atoms with Crippen molar-refractivity contribution in [3.05, 3.63) is 64.7 Å². The normalized spacial score (nSPS) is 9.74. The molecular formula is C16H14N2O. The Balaban J connectivity index is 2.16. The number of carbonyl (C=O) groups excluding carboxylic acids is 1. The van der Waals surface area contributed by atoms with Gasteiger partial charge in [-0.2, -0.15) is 5.26 Å². The van der Waals surface area contributed by atoms with Gasteiger partial charge in [-0.05, 0) is 61.4 Å². The molecule has 0 radical (unpaired) electrons. The van der Waals surface area contributed by atoms with Crippen LogP contribution in [0, 0.1) is 25.2 Å². The molecule has 1 amide bonds. The Bertz CT molecular complexity index is 651. The number of benzene rings is 2. The van der Waals surface area contributed by atoms with Crippen LogP contribution in [0.5, 0.6) is 0 Å². The molecule has 2 aromatic rings. The van der Waals surface area contributed by atoms with Gasteiger partial charge in [0.25, 0.3) is 5.91 Å². The van der Waals surface area contributed by atoms with Gasteiger partial charge < -0.3 is 5.32 Å². The number of amides is 1. The molecule has 0 aliphatic heterocycles. The van der Waals surface area contributed by atoms with E-state index in [2.05, 4.69) is 5.32 Å². The minimum atomic E-state index is -0.146. The summed E-state index contributed by atoms with van der Waals surface area (Å²) in [5.74, 6) is -0.146. The third-order valence-corrected chi connectivity index (χ3v) is 3.04. The molecule has 0 saturated heterocycles. The van der Waals surface area contributed by atoms with Crippen molar-refractivity contribution < 1.29 is 4.79 Å². The van der Waals surface area contributed by atoms with Crippen LogP contribution in [0.2, 0.25) is 0 Å². The molecule has 0 aliphatic carbocycles. The second kappa shape index (κ2) is 5.36. The van der Waals surface area contributed by atoms with Crippen LogP contribution in [-0.2, 0) is 0 Å². The predicted octanol–water partition coefficient (Wildman–Crippen LogP) is 3.43. The molecule has 2 rings (SSSR count). The fraction of sp³-hybridized carbons (Fsp3) is 0.125. The van der Waals surface area contributed by atoms with Gasteiger partial charge in [0.15, 0.2) is 0 Å². The Morgan fingerprint density at radius 3 is 2.32 bits per heavy atom. The Hall–Kier alpha value is -2.60. The number of nitrogens with zero attached hydrogens (tertiary/aromatic N) is 1. The standard InChI is InChI=1S/C16H14N2O/c1-11-3-6-14(9-12(11)2)16(19)18-15-7-4-13(10-17)5-8-15/h3-9H,1-2H3,(H,18,19). The quantitative estimate of drug-likeness (QED) is 0.887. The predicted molar refractivity (Wildman–Crippen MR) is 75.0 cm³/mol. The van der Waals surface area contributed by atoms with Crippen molar-refractivity contribution in [3.8, 4) is 6.07 Å². The van der Waals surface area contributed by atoms with Crippen molar-refractivity contribution in [2.75, 3.05) is 5.32 Å². The van der Waals surface area contributed by atoms with Crippen LogP contribution in [0.3, 0.4) is 0 Å². The van der Waals surface area contributed by atoms with E-state index in [1.54, 1.807) is 30.3 Å². The zero-order chi connectivity index (χ0) is 13.8. The number of hydrogen-bond acceptors (Lipinski definition) is 2. The average molecular weight is 250 g/mol. The summed E-state index contributed by atoms with van der Waals surface area (Å²) in [5.41, 5.74) is 4.14.